The lowest BCUT2D eigenvalue weighted by Crippen LogP contribution is -2.04. The molecule has 134 valence electrons. The van der Waals surface area contributed by atoms with Gasteiger partial charge in [-0.1, -0.05) is 55.1 Å². The minimum atomic E-state index is -0.248. The first-order valence-corrected chi connectivity index (χ1v) is 9.01. The first-order chi connectivity index (χ1) is 13.1. The van der Waals surface area contributed by atoms with Crippen molar-refractivity contribution in [2.75, 3.05) is 0 Å². The van der Waals surface area contributed by atoms with Gasteiger partial charge in [-0.3, -0.25) is 4.98 Å². The summed E-state index contributed by atoms with van der Waals surface area (Å²) in [7, 11) is 0. The van der Waals surface area contributed by atoms with Crippen molar-refractivity contribution < 1.29 is 4.39 Å². The minimum Gasteiger partial charge on any atom is -0.334 e. The molecule has 0 saturated heterocycles. The minimum absolute atomic E-state index is 0.248. The predicted molar refractivity (Wildman–Crippen MR) is 110 cm³/mol. The zero-order chi connectivity index (χ0) is 19.0. The maximum absolute atomic E-state index is 14.7. The molecule has 0 aliphatic carbocycles. The SMILES string of the molecule is C=C(C)c1c(-c2ccccc2F)c2nc(C)ccc2n1Cc1ccccc1. The van der Waals surface area contributed by atoms with Gasteiger partial charge in [-0.05, 0) is 43.2 Å². The van der Waals surface area contributed by atoms with Crippen molar-refractivity contribution in [2.45, 2.75) is 20.4 Å². The maximum atomic E-state index is 14.7. The summed E-state index contributed by atoms with van der Waals surface area (Å²) >= 11 is 0. The smallest absolute Gasteiger partial charge is 0.131 e. The molecule has 0 aliphatic heterocycles. The molecular weight excluding hydrogens is 335 g/mol. The fraction of sp³-hybridized carbons (Fsp3) is 0.125. The van der Waals surface area contributed by atoms with Crippen molar-refractivity contribution in [3.63, 3.8) is 0 Å². The van der Waals surface area contributed by atoms with Crippen LogP contribution in [-0.4, -0.2) is 9.55 Å². The van der Waals surface area contributed by atoms with E-state index in [-0.39, 0.29) is 5.82 Å². The summed E-state index contributed by atoms with van der Waals surface area (Å²) < 4.78 is 16.9. The van der Waals surface area contributed by atoms with Crippen LogP contribution in [0.15, 0.2) is 73.3 Å². The second-order valence-corrected chi connectivity index (χ2v) is 6.88. The lowest BCUT2D eigenvalue weighted by molar-refractivity contribution is 0.631. The average Bonchev–Trinajstić information content (AvgIpc) is 2.96. The third-order valence-electron chi connectivity index (χ3n) is 4.78. The number of nitrogens with zero attached hydrogens (tertiary/aromatic N) is 2. The van der Waals surface area contributed by atoms with Crippen LogP contribution >= 0.6 is 0 Å². The highest BCUT2D eigenvalue weighted by Crippen LogP contribution is 2.38. The summed E-state index contributed by atoms with van der Waals surface area (Å²) in [5, 5.41) is 0. The molecule has 4 aromatic rings. The number of hydrogen-bond acceptors (Lipinski definition) is 1. The van der Waals surface area contributed by atoms with E-state index in [0.717, 1.165) is 33.6 Å². The molecule has 2 aromatic heterocycles. The third kappa shape index (κ3) is 3.06. The highest BCUT2D eigenvalue weighted by molar-refractivity contribution is 6.00. The third-order valence-corrected chi connectivity index (χ3v) is 4.78. The number of allylic oxidation sites excluding steroid dienone is 1. The van der Waals surface area contributed by atoms with Crippen molar-refractivity contribution in [3.8, 4) is 11.1 Å². The second-order valence-electron chi connectivity index (χ2n) is 6.88. The summed E-state index contributed by atoms with van der Waals surface area (Å²) in [6, 6.07) is 21.2. The summed E-state index contributed by atoms with van der Waals surface area (Å²) in [5.74, 6) is -0.248. The predicted octanol–water partition coefficient (Wildman–Crippen LogP) is 6.23. The van der Waals surface area contributed by atoms with E-state index in [0.29, 0.717) is 12.1 Å². The van der Waals surface area contributed by atoms with Crippen LogP contribution in [0.5, 0.6) is 0 Å². The van der Waals surface area contributed by atoms with Crippen LogP contribution < -0.4 is 0 Å². The Labute approximate surface area is 158 Å². The molecule has 0 radical (unpaired) electrons. The molecule has 0 spiro atoms. The Morgan fingerprint density at radius 1 is 1.00 bits per heavy atom. The van der Waals surface area contributed by atoms with Gasteiger partial charge < -0.3 is 4.57 Å². The van der Waals surface area contributed by atoms with Crippen molar-refractivity contribution in [1.82, 2.24) is 9.55 Å². The zero-order valence-corrected chi connectivity index (χ0v) is 15.5. The van der Waals surface area contributed by atoms with Gasteiger partial charge in [0.25, 0.3) is 0 Å². The van der Waals surface area contributed by atoms with Gasteiger partial charge in [-0.25, -0.2) is 4.39 Å². The van der Waals surface area contributed by atoms with E-state index in [9.17, 15) is 4.39 Å². The van der Waals surface area contributed by atoms with E-state index in [4.69, 9.17) is 4.98 Å². The molecule has 4 rings (SSSR count). The van der Waals surface area contributed by atoms with Crippen molar-refractivity contribution in [2.24, 2.45) is 0 Å². The van der Waals surface area contributed by atoms with E-state index in [1.54, 1.807) is 6.07 Å². The molecular formula is C24H21FN2. The van der Waals surface area contributed by atoms with Crippen LogP contribution in [0.25, 0.3) is 27.7 Å². The van der Waals surface area contributed by atoms with E-state index >= 15 is 0 Å². The summed E-state index contributed by atoms with van der Waals surface area (Å²) in [5.41, 5.74) is 7.08. The largest absolute Gasteiger partial charge is 0.334 e. The topological polar surface area (TPSA) is 17.8 Å². The Morgan fingerprint density at radius 3 is 2.41 bits per heavy atom. The zero-order valence-electron chi connectivity index (χ0n) is 15.5. The molecule has 0 N–H and O–H groups in total. The lowest BCUT2D eigenvalue weighted by Gasteiger charge is -2.13. The van der Waals surface area contributed by atoms with Gasteiger partial charge in [0, 0.05) is 23.4 Å². The Kier molecular flexibility index (Phi) is 4.36. The number of aromatic nitrogens is 2. The molecule has 0 atom stereocenters. The lowest BCUT2D eigenvalue weighted by atomic mass is 10.0. The highest BCUT2D eigenvalue weighted by atomic mass is 19.1. The number of halogens is 1. The molecule has 0 unspecified atom stereocenters. The molecule has 0 amide bonds. The number of benzene rings is 2. The standard InChI is InChI=1S/C24H21FN2/c1-16(2)24-22(19-11-7-8-12-20(19)25)23-21(14-13-17(3)26-23)27(24)15-18-9-5-4-6-10-18/h4-14H,1,15H2,2-3H3. The van der Waals surface area contributed by atoms with Gasteiger partial charge in [0.1, 0.15) is 5.82 Å². The highest BCUT2D eigenvalue weighted by Gasteiger charge is 2.22. The molecule has 2 heterocycles. The van der Waals surface area contributed by atoms with Crippen LogP contribution in [0.1, 0.15) is 23.9 Å². The van der Waals surface area contributed by atoms with E-state index in [1.165, 1.54) is 11.6 Å². The van der Waals surface area contributed by atoms with Gasteiger partial charge in [0.2, 0.25) is 0 Å². The van der Waals surface area contributed by atoms with E-state index < -0.39 is 0 Å². The Hall–Kier alpha value is -3.20. The number of aryl methyl sites for hydroxylation is 1. The van der Waals surface area contributed by atoms with Gasteiger partial charge >= 0.3 is 0 Å². The Morgan fingerprint density at radius 2 is 1.70 bits per heavy atom. The number of fused-ring (bicyclic) bond motifs is 1. The number of pyridine rings is 1. The quantitative estimate of drug-likeness (QED) is 0.424. The van der Waals surface area contributed by atoms with Crippen molar-refractivity contribution in [1.29, 1.82) is 0 Å². The number of hydrogen-bond donors (Lipinski definition) is 0. The first-order valence-electron chi connectivity index (χ1n) is 9.01. The van der Waals surface area contributed by atoms with Crippen LogP contribution in [0.4, 0.5) is 4.39 Å². The molecule has 3 heteroatoms. The van der Waals surface area contributed by atoms with Gasteiger partial charge in [-0.15, -0.1) is 0 Å². The molecule has 0 bridgehead atoms. The van der Waals surface area contributed by atoms with Crippen molar-refractivity contribution >= 4 is 16.6 Å². The Balaban J connectivity index is 2.07. The Bertz CT molecular complexity index is 1140. The summed E-state index contributed by atoms with van der Waals surface area (Å²) in [4.78, 5) is 4.77. The molecule has 2 nitrogen and oxygen atoms in total. The fourth-order valence-corrected chi connectivity index (χ4v) is 3.61. The van der Waals surface area contributed by atoms with Crippen LogP contribution in [0, 0.1) is 12.7 Å². The normalized spacial score (nSPS) is 11.1. The summed E-state index contributed by atoms with van der Waals surface area (Å²) in [6.07, 6.45) is 0. The van der Waals surface area contributed by atoms with E-state index in [1.807, 2.05) is 50.2 Å². The van der Waals surface area contributed by atoms with Crippen LogP contribution in [-0.2, 0) is 6.54 Å². The molecule has 0 saturated carbocycles. The molecule has 0 fully saturated rings. The van der Waals surface area contributed by atoms with Gasteiger partial charge in [0.15, 0.2) is 0 Å². The van der Waals surface area contributed by atoms with Crippen LogP contribution in [0.2, 0.25) is 0 Å². The fourth-order valence-electron chi connectivity index (χ4n) is 3.61. The van der Waals surface area contributed by atoms with E-state index in [2.05, 4.69) is 29.3 Å². The maximum Gasteiger partial charge on any atom is 0.131 e. The van der Waals surface area contributed by atoms with Crippen molar-refractivity contribution in [3.05, 3.63) is 96.1 Å². The molecule has 0 aliphatic rings. The second kappa shape index (κ2) is 6.84. The number of rotatable bonds is 4. The molecule has 2 aromatic carbocycles. The molecule has 27 heavy (non-hydrogen) atoms. The monoisotopic (exact) mass is 356 g/mol. The summed E-state index contributed by atoms with van der Waals surface area (Å²) in [6.45, 7) is 8.79. The average molecular weight is 356 g/mol. The van der Waals surface area contributed by atoms with Gasteiger partial charge in [-0.2, -0.15) is 0 Å². The van der Waals surface area contributed by atoms with Gasteiger partial charge in [0.05, 0.1) is 16.7 Å². The first kappa shape index (κ1) is 17.2. The van der Waals surface area contributed by atoms with Crippen LogP contribution in [0.3, 0.4) is 0 Å².